The first-order valence-corrected chi connectivity index (χ1v) is 9.25. The highest BCUT2D eigenvalue weighted by atomic mass is 32.2. The lowest BCUT2D eigenvalue weighted by atomic mass is 10.2. The molecule has 0 atom stereocenters. The second-order valence-electron chi connectivity index (χ2n) is 5.46. The van der Waals surface area contributed by atoms with Crippen molar-refractivity contribution < 1.29 is 9.53 Å². The zero-order chi connectivity index (χ0) is 18.4. The Balaban J connectivity index is 1.63. The van der Waals surface area contributed by atoms with Crippen LogP contribution in [0.25, 0.3) is 11.4 Å². The molecule has 7 heteroatoms. The van der Waals surface area contributed by atoms with E-state index in [2.05, 4.69) is 15.2 Å². The fourth-order valence-electron chi connectivity index (χ4n) is 2.50. The lowest BCUT2D eigenvalue weighted by molar-refractivity contribution is -0.116. The minimum absolute atomic E-state index is 0.0273. The summed E-state index contributed by atoms with van der Waals surface area (Å²) in [5.74, 6) is 1.76. The summed E-state index contributed by atoms with van der Waals surface area (Å²) >= 11 is 1.32. The number of rotatable bonds is 7. The van der Waals surface area contributed by atoms with Crippen LogP contribution >= 0.6 is 11.8 Å². The van der Waals surface area contributed by atoms with E-state index in [1.165, 1.54) is 11.8 Å². The van der Waals surface area contributed by atoms with Crippen molar-refractivity contribution >= 4 is 23.4 Å². The Hall–Kier alpha value is -2.80. The Labute approximate surface area is 156 Å². The van der Waals surface area contributed by atoms with Crippen molar-refractivity contribution in [3.63, 3.8) is 0 Å². The monoisotopic (exact) mass is 368 g/mol. The van der Waals surface area contributed by atoms with Crippen LogP contribution in [0.1, 0.15) is 6.92 Å². The van der Waals surface area contributed by atoms with E-state index in [9.17, 15) is 4.79 Å². The third-order valence-electron chi connectivity index (χ3n) is 3.84. The van der Waals surface area contributed by atoms with Crippen LogP contribution in [0.2, 0.25) is 0 Å². The molecule has 0 aliphatic rings. The molecule has 1 heterocycles. The number of anilines is 1. The first kappa shape index (κ1) is 18.0. The van der Waals surface area contributed by atoms with Gasteiger partial charge in [0.1, 0.15) is 5.75 Å². The molecule has 1 amide bonds. The summed E-state index contributed by atoms with van der Waals surface area (Å²) in [6, 6.07) is 17.2. The van der Waals surface area contributed by atoms with Gasteiger partial charge in [-0.25, -0.2) is 4.98 Å². The number of para-hydroxylation sites is 1. The van der Waals surface area contributed by atoms with Crippen molar-refractivity contribution in [1.82, 2.24) is 15.2 Å². The van der Waals surface area contributed by atoms with Crippen LogP contribution in [-0.2, 0) is 4.79 Å². The second-order valence-corrected chi connectivity index (χ2v) is 6.40. The van der Waals surface area contributed by atoms with Crippen molar-refractivity contribution in [3.8, 4) is 17.1 Å². The van der Waals surface area contributed by atoms with Crippen LogP contribution in [0.4, 0.5) is 5.69 Å². The molecule has 6 nitrogen and oxygen atoms in total. The maximum Gasteiger partial charge on any atom is 0.237 e. The number of H-pyrrole nitrogens is 1. The average molecular weight is 368 g/mol. The van der Waals surface area contributed by atoms with Crippen LogP contribution in [0.3, 0.4) is 0 Å². The molecular weight excluding hydrogens is 348 g/mol. The van der Waals surface area contributed by atoms with Crippen molar-refractivity contribution in [1.29, 1.82) is 0 Å². The van der Waals surface area contributed by atoms with Gasteiger partial charge in [0.25, 0.3) is 0 Å². The zero-order valence-electron chi connectivity index (χ0n) is 14.7. The molecule has 134 valence electrons. The Bertz CT molecular complexity index is 849. The molecule has 0 saturated heterocycles. The first-order chi connectivity index (χ1) is 12.7. The number of amides is 1. The fourth-order valence-corrected chi connectivity index (χ4v) is 3.18. The predicted octanol–water partition coefficient (Wildman–Crippen LogP) is 3.63. The maximum atomic E-state index is 12.5. The molecule has 0 spiro atoms. The minimum atomic E-state index is 0.0273. The molecule has 0 aliphatic heterocycles. The molecule has 0 radical (unpaired) electrons. The van der Waals surface area contributed by atoms with E-state index < -0.39 is 0 Å². The van der Waals surface area contributed by atoms with Gasteiger partial charge in [0.2, 0.25) is 11.1 Å². The topological polar surface area (TPSA) is 71.1 Å². The van der Waals surface area contributed by atoms with Gasteiger partial charge >= 0.3 is 0 Å². The van der Waals surface area contributed by atoms with Gasteiger partial charge < -0.3 is 9.64 Å². The first-order valence-electron chi connectivity index (χ1n) is 8.26. The van der Waals surface area contributed by atoms with Crippen LogP contribution in [0.15, 0.2) is 59.8 Å². The Morgan fingerprint density at radius 1 is 1.15 bits per heavy atom. The summed E-state index contributed by atoms with van der Waals surface area (Å²) in [6.45, 7) is 2.58. The molecule has 26 heavy (non-hydrogen) atoms. The number of nitrogens with one attached hydrogen (secondary N) is 1. The van der Waals surface area contributed by atoms with E-state index in [0.29, 0.717) is 17.5 Å². The maximum absolute atomic E-state index is 12.5. The summed E-state index contributed by atoms with van der Waals surface area (Å²) in [6.07, 6.45) is 0. The predicted molar refractivity (Wildman–Crippen MR) is 104 cm³/mol. The summed E-state index contributed by atoms with van der Waals surface area (Å²) in [5.41, 5.74) is 1.81. The zero-order valence-corrected chi connectivity index (χ0v) is 15.5. The molecule has 0 fully saturated rings. The van der Waals surface area contributed by atoms with Gasteiger partial charge in [-0.1, -0.05) is 30.0 Å². The van der Waals surface area contributed by atoms with Gasteiger partial charge in [0.15, 0.2) is 5.82 Å². The van der Waals surface area contributed by atoms with Gasteiger partial charge in [0, 0.05) is 17.8 Å². The van der Waals surface area contributed by atoms with Crippen molar-refractivity contribution in [3.05, 3.63) is 54.6 Å². The lowest BCUT2D eigenvalue weighted by Gasteiger charge is -2.20. The number of aromatic nitrogens is 3. The third kappa shape index (κ3) is 4.23. The molecule has 0 unspecified atom stereocenters. The van der Waals surface area contributed by atoms with E-state index >= 15 is 0 Å². The number of ether oxygens (including phenoxy) is 1. The molecule has 3 rings (SSSR count). The number of benzene rings is 2. The highest BCUT2D eigenvalue weighted by molar-refractivity contribution is 7.99. The lowest BCUT2D eigenvalue weighted by Crippen LogP contribution is -2.32. The standard InChI is InChI=1S/C19H20N4O2S/c1-3-23(15-7-5-4-6-8-15)17(24)13-26-19-20-18(21-22-19)14-9-11-16(25-2)12-10-14/h4-12H,3,13H2,1-2H3,(H,20,21,22). The molecule has 3 aromatic rings. The van der Waals surface area contributed by atoms with E-state index in [1.807, 2.05) is 61.5 Å². The Morgan fingerprint density at radius 3 is 2.54 bits per heavy atom. The van der Waals surface area contributed by atoms with E-state index in [-0.39, 0.29) is 11.7 Å². The average Bonchev–Trinajstić information content (AvgIpc) is 3.17. The van der Waals surface area contributed by atoms with Crippen LogP contribution in [0.5, 0.6) is 5.75 Å². The van der Waals surface area contributed by atoms with Crippen molar-refractivity contribution in [2.75, 3.05) is 24.3 Å². The quantitative estimate of drug-likeness (QED) is 0.645. The summed E-state index contributed by atoms with van der Waals surface area (Å²) in [4.78, 5) is 18.7. The minimum Gasteiger partial charge on any atom is -0.497 e. The highest BCUT2D eigenvalue weighted by Gasteiger charge is 2.15. The van der Waals surface area contributed by atoms with Crippen LogP contribution in [0, 0.1) is 0 Å². The highest BCUT2D eigenvalue weighted by Crippen LogP contribution is 2.22. The molecule has 0 saturated carbocycles. The number of thioether (sulfide) groups is 1. The molecule has 1 aromatic heterocycles. The largest absolute Gasteiger partial charge is 0.497 e. The Morgan fingerprint density at radius 2 is 1.88 bits per heavy atom. The number of methoxy groups -OCH3 is 1. The number of aromatic amines is 1. The molecular formula is C19H20N4O2S. The fraction of sp³-hybridized carbons (Fsp3) is 0.211. The normalized spacial score (nSPS) is 10.5. The second kappa shape index (κ2) is 8.53. The summed E-state index contributed by atoms with van der Waals surface area (Å²) in [7, 11) is 1.63. The van der Waals surface area contributed by atoms with Gasteiger partial charge in [-0.05, 0) is 43.3 Å². The van der Waals surface area contributed by atoms with Gasteiger partial charge in [-0.2, -0.15) is 0 Å². The van der Waals surface area contributed by atoms with E-state index in [4.69, 9.17) is 4.74 Å². The van der Waals surface area contributed by atoms with Gasteiger partial charge in [0.05, 0.1) is 12.9 Å². The van der Waals surface area contributed by atoms with Crippen LogP contribution < -0.4 is 9.64 Å². The number of carbonyl (C=O) groups is 1. The Kier molecular flexibility index (Phi) is 5.91. The third-order valence-corrected chi connectivity index (χ3v) is 4.67. The van der Waals surface area contributed by atoms with Gasteiger partial charge in [-0.3, -0.25) is 9.89 Å². The molecule has 2 aromatic carbocycles. The number of carbonyl (C=O) groups excluding carboxylic acids is 1. The van der Waals surface area contributed by atoms with E-state index in [1.54, 1.807) is 12.0 Å². The van der Waals surface area contributed by atoms with Gasteiger partial charge in [-0.15, -0.1) is 5.10 Å². The molecule has 1 N–H and O–H groups in total. The number of hydrogen-bond acceptors (Lipinski definition) is 5. The summed E-state index contributed by atoms with van der Waals surface area (Å²) in [5, 5.41) is 7.65. The summed E-state index contributed by atoms with van der Waals surface area (Å²) < 4.78 is 5.15. The molecule has 0 bridgehead atoms. The smallest absolute Gasteiger partial charge is 0.237 e. The van der Waals surface area contributed by atoms with Crippen LogP contribution in [-0.4, -0.2) is 40.5 Å². The van der Waals surface area contributed by atoms with Crippen molar-refractivity contribution in [2.24, 2.45) is 0 Å². The number of hydrogen-bond donors (Lipinski definition) is 1. The number of nitrogens with zero attached hydrogens (tertiary/aromatic N) is 3. The molecule has 0 aliphatic carbocycles. The van der Waals surface area contributed by atoms with E-state index in [0.717, 1.165) is 17.0 Å². The SMILES string of the molecule is CCN(C(=O)CSc1n[nH]c(-c2ccc(OC)cc2)n1)c1ccccc1. The van der Waals surface area contributed by atoms with Crippen molar-refractivity contribution in [2.45, 2.75) is 12.1 Å².